The van der Waals surface area contributed by atoms with Crippen LogP contribution in [0.3, 0.4) is 0 Å². The lowest BCUT2D eigenvalue weighted by Crippen LogP contribution is -2.59. The molecule has 3 aliphatic carbocycles. The van der Waals surface area contributed by atoms with E-state index in [1.165, 1.54) is 22.7 Å². The summed E-state index contributed by atoms with van der Waals surface area (Å²) in [7, 11) is 1.56. The Kier molecular flexibility index (Phi) is 10.8. The molecule has 1 aromatic carbocycles. The van der Waals surface area contributed by atoms with Crippen LogP contribution in [0.25, 0.3) is 22.3 Å². The maximum absolute atomic E-state index is 14.7. The number of halogens is 1. The van der Waals surface area contributed by atoms with Crippen molar-refractivity contribution in [2.75, 3.05) is 19.0 Å². The summed E-state index contributed by atoms with van der Waals surface area (Å²) in [6, 6.07) is 5.12. The number of aliphatic carboxylic acids is 1. The van der Waals surface area contributed by atoms with Crippen LogP contribution in [0.4, 0.5) is 9.93 Å². The zero-order valence-corrected chi connectivity index (χ0v) is 34.4. The molecule has 0 bridgehead atoms. The van der Waals surface area contributed by atoms with Crippen molar-refractivity contribution < 1.29 is 38.5 Å². The van der Waals surface area contributed by atoms with E-state index in [1.54, 1.807) is 25.3 Å². The van der Waals surface area contributed by atoms with Gasteiger partial charge in [0.05, 0.1) is 24.9 Å². The van der Waals surface area contributed by atoms with Gasteiger partial charge >= 0.3 is 12.1 Å². The summed E-state index contributed by atoms with van der Waals surface area (Å²) < 4.78 is 18.4. The summed E-state index contributed by atoms with van der Waals surface area (Å²) in [5.74, 6) is -0.205. The van der Waals surface area contributed by atoms with Crippen molar-refractivity contribution >= 4 is 62.8 Å². The molecule has 4 fully saturated rings. The average molecular weight is 811 g/mol. The van der Waals surface area contributed by atoms with Gasteiger partial charge in [-0.2, -0.15) is 0 Å². The van der Waals surface area contributed by atoms with Crippen molar-refractivity contribution in [2.24, 2.45) is 23.2 Å². The second kappa shape index (κ2) is 15.2. The lowest BCUT2D eigenvalue weighted by molar-refractivity contribution is -0.146. The first-order chi connectivity index (χ1) is 26.5. The molecular formula is C40H51ClN6O8S. The highest BCUT2D eigenvalue weighted by Crippen LogP contribution is 2.52. The van der Waals surface area contributed by atoms with Crippen molar-refractivity contribution in [3.05, 3.63) is 28.6 Å². The minimum absolute atomic E-state index is 0.0152. The third kappa shape index (κ3) is 8.07. The fourth-order valence-electron chi connectivity index (χ4n) is 8.31. The van der Waals surface area contributed by atoms with E-state index in [0.29, 0.717) is 67.9 Å². The van der Waals surface area contributed by atoms with Crippen LogP contribution in [0.1, 0.15) is 80.1 Å². The molecule has 14 nitrogen and oxygen atoms in total. The van der Waals surface area contributed by atoms with Crippen LogP contribution >= 0.6 is 22.9 Å². The van der Waals surface area contributed by atoms with Crippen LogP contribution in [-0.4, -0.2) is 93.4 Å². The Morgan fingerprint density at radius 2 is 1.80 bits per heavy atom. The molecule has 2 aromatic heterocycles. The molecule has 0 radical (unpaired) electrons. The van der Waals surface area contributed by atoms with Gasteiger partial charge < -0.3 is 40.2 Å². The fourth-order valence-corrected chi connectivity index (χ4v) is 9.52. The lowest BCUT2D eigenvalue weighted by Gasteiger charge is -2.35. The van der Waals surface area contributed by atoms with Crippen molar-refractivity contribution in [3.8, 4) is 22.9 Å². The van der Waals surface area contributed by atoms with E-state index in [2.05, 4.69) is 16.0 Å². The molecule has 3 amide bonds. The molecule has 16 heteroatoms. The van der Waals surface area contributed by atoms with Gasteiger partial charge in [0.2, 0.25) is 11.8 Å². The third-order valence-electron chi connectivity index (χ3n) is 11.5. The van der Waals surface area contributed by atoms with Crippen LogP contribution < -0.4 is 25.4 Å². The van der Waals surface area contributed by atoms with Crippen LogP contribution in [-0.2, 0) is 19.1 Å². The van der Waals surface area contributed by atoms with Gasteiger partial charge in [0.15, 0.2) is 5.13 Å². The highest BCUT2D eigenvalue weighted by molar-refractivity contribution is 7.20. The van der Waals surface area contributed by atoms with Gasteiger partial charge in [-0.3, -0.25) is 9.59 Å². The van der Waals surface area contributed by atoms with Crippen LogP contribution in [0, 0.1) is 23.2 Å². The summed E-state index contributed by atoms with van der Waals surface area (Å²) in [6.07, 6.45) is 2.19. The molecular weight excluding hydrogens is 760 g/mol. The molecule has 0 spiro atoms. The smallest absolute Gasteiger partial charge is 0.408 e. The summed E-state index contributed by atoms with van der Waals surface area (Å²) in [5, 5.41) is 20.4. The Hall–Kier alpha value is -4.37. The van der Waals surface area contributed by atoms with E-state index >= 15 is 0 Å². The molecule has 1 saturated heterocycles. The predicted molar refractivity (Wildman–Crippen MR) is 212 cm³/mol. The quantitative estimate of drug-likeness (QED) is 0.148. The fraction of sp³-hybridized carbons (Fsp3) is 0.600. The van der Waals surface area contributed by atoms with Gasteiger partial charge in [-0.25, -0.2) is 19.6 Å². The van der Waals surface area contributed by atoms with Crippen LogP contribution in [0.5, 0.6) is 11.5 Å². The first kappa shape index (κ1) is 39.8. The van der Waals surface area contributed by atoms with E-state index in [9.17, 15) is 24.3 Å². The Morgan fingerprint density at radius 3 is 2.43 bits per heavy atom. The zero-order chi connectivity index (χ0) is 40.3. The van der Waals surface area contributed by atoms with E-state index < -0.39 is 53.0 Å². The number of fused-ring (bicyclic) bond motifs is 2. The van der Waals surface area contributed by atoms with Gasteiger partial charge in [0.1, 0.15) is 51.4 Å². The largest absolute Gasteiger partial charge is 0.497 e. The molecule has 8 atom stereocenters. The molecule has 7 rings (SSSR count). The predicted octanol–water partition coefficient (Wildman–Crippen LogP) is 6.50. The number of carbonyl (C=O) groups excluding carboxylic acids is 3. The van der Waals surface area contributed by atoms with Crippen molar-refractivity contribution in [3.63, 3.8) is 0 Å². The van der Waals surface area contributed by atoms with E-state index in [1.807, 2.05) is 47.6 Å². The number of benzene rings is 1. The van der Waals surface area contributed by atoms with E-state index in [-0.39, 0.29) is 31.0 Å². The number of carbonyl (C=O) groups is 4. The second-order valence-electron chi connectivity index (χ2n) is 17.1. The summed E-state index contributed by atoms with van der Waals surface area (Å²) >= 11 is 8.00. The summed E-state index contributed by atoms with van der Waals surface area (Å²) in [4.78, 5) is 65.5. The number of pyridine rings is 1. The molecule has 3 heterocycles. The number of hydrogen-bond donors (Lipinski definition) is 4. The standard InChI is InChI=1S/C40H51ClN6O8S/c1-8-22-17-40(22,36(50)51)46-34(48)29-15-25(18-47(29)35(49)32(39(4,5)6)45-38(52)55-24-12-20-11-21(20)13-24)54-30-16-28(31-33(41)56-37(44-31)42-19(2)3)43-27-14-23(53-7)9-10-26(27)30/h9-10,14,16,19-22,24-25,29,32H,8,11-13,15,17-18H2,1-7H3,(H,42,44)(H,45,52)(H,46,48)(H,50,51)/t20-,21+,22?,24?,25-,29?,32?,40-/m1/s1. The van der Waals surface area contributed by atoms with Gasteiger partial charge in [-0.15, -0.1) is 0 Å². The molecule has 3 aromatic rings. The zero-order valence-electron chi connectivity index (χ0n) is 32.8. The van der Waals surface area contributed by atoms with Gasteiger partial charge in [0.25, 0.3) is 0 Å². The number of rotatable bonds is 13. The summed E-state index contributed by atoms with van der Waals surface area (Å²) in [6.45, 7) is 11.4. The number of nitrogens with one attached hydrogen (secondary N) is 3. The number of ether oxygens (including phenoxy) is 3. The van der Waals surface area contributed by atoms with Crippen LogP contribution in [0.2, 0.25) is 4.34 Å². The normalized spacial score (nSPS) is 27.1. The first-order valence-electron chi connectivity index (χ1n) is 19.4. The Labute approximate surface area is 335 Å². The van der Waals surface area contributed by atoms with Crippen molar-refractivity contribution in [2.45, 2.75) is 116 Å². The summed E-state index contributed by atoms with van der Waals surface area (Å²) in [5.41, 5.74) is -0.706. The Bertz CT molecular complexity index is 2030. The lowest BCUT2D eigenvalue weighted by atomic mass is 9.85. The molecule has 3 saturated carbocycles. The van der Waals surface area contributed by atoms with Crippen molar-refractivity contribution in [1.29, 1.82) is 0 Å². The number of anilines is 1. The molecule has 4 aliphatic rings. The topological polar surface area (TPSA) is 181 Å². The number of methoxy groups -OCH3 is 1. The second-order valence-corrected chi connectivity index (χ2v) is 18.7. The molecule has 302 valence electrons. The number of amides is 3. The highest BCUT2D eigenvalue weighted by atomic mass is 35.5. The third-order valence-corrected chi connectivity index (χ3v) is 12.7. The molecule has 56 heavy (non-hydrogen) atoms. The van der Waals surface area contributed by atoms with Gasteiger partial charge in [0, 0.05) is 30.0 Å². The number of likely N-dealkylation sites (tertiary alicyclic amines) is 1. The number of thiazole rings is 1. The van der Waals surface area contributed by atoms with E-state index in [0.717, 1.165) is 12.8 Å². The number of carboxylic acid groups (broad SMARTS) is 1. The molecule has 1 aliphatic heterocycles. The number of aromatic nitrogens is 2. The monoisotopic (exact) mass is 810 g/mol. The number of nitrogens with zero attached hydrogens (tertiary/aromatic N) is 3. The number of alkyl carbamates (subject to hydrolysis) is 1. The SMILES string of the molecule is CCC1C[C@]1(NC(=O)C1C[C@@H](Oc2cc(-c3nc(NC(C)C)sc3Cl)nc3cc(OC)ccc23)CN1C(=O)C(NC(=O)OC1C[C@@H]2C[C@@H]2C1)C(C)(C)C)C(=O)O. The first-order valence-corrected chi connectivity index (χ1v) is 20.6. The van der Waals surface area contributed by atoms with Gasteiger partial charge in [-0.05, 0) is 74.8 Å². The highest BCUT2D eigenvalue weighted by Gasteiger charge is 2.61. The minimum Gasteiger partial charge on any atom is -0.497 e. The average Bonchev–Trinajstić information content (AvgIpc) is 3.86. The number of carboxylic acids is 1. The molecule has 4 unspecified atom stereocenters. The van der Waals surface area contributed by atoms with Crippen molar-refractivity contribution in [1.82, 2.24) is 25.5 Å². The Morgan fingerprint density at radius 1 is 1.07 bits per heavy atom. The van der Waals surface area contributed by atoms with Crippen LogP contribution in [0.15, 0.2) is 24.3 Å². The Balaban J connectivity index is 1.20. The number of hydrogen-bond acceptors (Lipinski definition) is 11. The maximum atomic E-state index is 14.7. The maximum Gasteiger partial charge on any atom is 0.408 e. The van der Waals surface area contributed by atoms with Gasteiger partial charge in [-0.1, -0.05) is 57.1 Å². The molecule has 4 N–H and O–H groups in total. The minimum atomic E-state index is -1.40. The van der Waals surface area contributed by atoms with E-state index in [4.69, 9.17) is 35.8 Å².